The lowest BCUT2D eigenvalue weighted by Crippen LogP contribution is -2.61. The molecule has 36 heavy (non-hydrogen) atoms. The van der Waals surface area contributed by atoms with Gasteiger partial charge in [-0.15, -0.1) is 0 Å². The zero-order valence-electron chi connectivity index (χ0n) is 20.3. The van der Waals surface area contributed by atoms with E-state index in [9.17, 15) is 18.4 Å². The summed E-state index contributed by atoms with van der Waals surface area (Å²) < 4.78 is 33.6. The molecule has 1 saturated carbocycles. The summed E-state index contributed by atoms with van der Waals surface area (Å²) in [4.78, 5) is 34.9. The summed E-state index contributed by atoms with van der Waals surface area (Å²) in [6.45, 7) is 0.670. The number of carbonyl (C=O) groups excluding carboxylic acids is 2. The highest BCUT2D eigenvalue weighted by Crippen LogP contribution is 2.38. The molecule has 1 unspecified atom stereocenters. The second-order valence-corrected chi connectivity index (χ2v) is 9.75. The Morgan fingerprint density at radius 2 is 1.75 bits per heavy atom. The fourth-order valence-electron chi connectivity index (χ4n) is 5.65. The molecule has 190 valence electrons. The van der Waals surface area contributed by atoms with Crippen molar-refractivity contribution in [2.45, 2.75) is 56.5 Å². The van der Waals surface area contributed by atoms with Gasteiger partial charge in [0.1, 0.15) is 28.8 Å². The highest BCUT2D eigenvalue weighted by Gasteiger charge is 2.54. The van der Waals surface area contributed by atoms with Crippen LogP contribution in [0.1, 0.15) is 55.3 Å². The number of methoxy groups -OCH3 is 1. The number of nitrogens with one attached hydrogen (secondary N) is 1. The zero-order valence-corrected chi connectivity index (χ0v) is 20.3. The van der Waals surface area contributed by atoms with Crippen LogP contribution in [0.15, 0.2) is 47.5 Å². The van der Waals surface area contributed by atoms with Crippen LogP contribution in [-0.4, -0.2) is 54.5 Å². The van der Waals surface area contributed by atoms with Gasteiger partial charge in [-0.2, -0.15) is 0 Å². The minimum atomic E-state index is -1.03. The van der Waals surface area contributed by atoms with E-state index in [0.29, 0.717) is 36.5 Å². The Hall–Kier alpha value is -3.49. The molecule has 2 saturated heterocycles. The maximum Gasteiger partial charge on any atom is 0.328 e. The Labute approximate surface area is 209 Å². The molecule has 1 N–H and O–H groups in total. The Balaban J connectivity index is 1.54. The SMILES string of the molecule is COc1ccc(C(=O)N2CCCC3(C2)C(=NC2CCCCC2)NC(=O)N3c2cc(F)cc(F)c2)cc1. The molecule has 3 amide bonds. The number of halogens is 2. The van der Waals surface area contributed by atoms with Crippen molar-refractivity contribution in [1.82, 2.24) is 10.2 Å². The lowest BCUT2D eigenvalue weighted by atomic mass is 9.85. The van der Waals surface area contributed by atoms with Gasteiger partial charge in [-0.25, -0.2) is 13.6 Å². The molecule has 3 aliphatic rings. The Morgan fingerprint density at radius 1 is 1.06 bits per heavy atom. The van der Waals surface area contributed by atoms with Crippen LogP contribution in [0.4, 0.5) is 19.3 Å². The van der Waals surface area contributed by atoms with Crippen LogP contribution in [0.5, 0.6) is 5.75 Å². The fraction of sp³-hybridized carbons (Fsp3) is 0.444. The van der Waals surface area contributed by atoms with Gasteiger partial charge in [0, 0.05) is 18.2 Å². The molecular weight excluding hydrogens is 466 g/mol. The zero-order chi connectivity index (χ0) is 25.3. The molecule has 1 atom stereocenters. The van der Waals surface area contributed by atoms with Crippen molar-refractivity contribution in [2.75, 3.05) is 25.1 Å². The third kappa shape index (κ3) is 4.54. The van der Waals surface area contributed by atoms with Crippen LogP contribution >= 0.6 is 0 Å². The fourth-order valence-corrected chi connectivity index (χ4v) is 5.65. The largest absolute Gasteiger partial charge is 0.497 e. The molecule has 1 aliphatic carbocycles. The molecule has 2 aliphatic heterocycles. The predicted octanol–water partition coefficient (Wildman–Crippen LogP) is 4.91. The van der Waals surface area contributed by atoms with E-state index in [1.807, 2.05) is 0 Å². The van der Waals surface area contributed by atoms with Crippen LogP contribution in [0.3, 0.4) is 0 Å². The lowest BCUT2D eigenvalue weighted by molar-refractivity contribution is 0.0686. The maximum atomic E-state index is 14.2. The second kappa shape index (κ2) is 9.87. The number of benzene rings is 2. The standard InChI is InChI=1S/C27H30F2N4O3/c1-36-23-10-8-18(9-11-23)24(34)32-13-5-12-27(17-32)25(30-21-6-3-2-4-7-21)31-26(35)33(27)22-15-19(28)14-20(29)16-22/h8-11,14-16,21H,2-7,12-13,17H2,1H3,(H,30,31,35). The molecule has 0 aromatic heterocycles. The summed E-state index contributed by atoms with van der Waals surface area (Å²) in [6.07, 6.45) is 6.29. The van der Waals surface area contributed by atoms with E-state index >= 15 is 0 Å². The highest BCUT2D eigenvalue weighted by molar-refractivity contribution is 6.19. The number of hydrogen-bond donors (Lipinski definition) is 1. The molecule has 7 nitrogen and oxygen atoms in total. The summed E-state index contributed by atoms with van der Waals surface area (Å²) in [7, 11) is 1.56. The van der Waals surface area contributed by atoms with Crippen LogP contribution in [0.2, 0.25) is 0 Å². The molecule has 0 bridgehead atoms. The molecule has 1 spiro atoms. The van der Waals surface area contributed by atoms with Crippen LogP contribution in [0.25, 0.3) is 0 Å². The average Bonchev–Trinajstić information content (AvgIpc) is 3.13. The quantitative estimate of drug-likeness (QED) is 0.654. The van der Waals surface area contributed by atoms with Crippen LogP contribution in [0, 0.1) is 11.6 Å². The summed E-state index contributed by atoms with van der Waals surface area (Å²) in [5, 5.41) is 2.90. The number of aliphatic imine (C=N–C) groups is 1. The van der Waals surface area contributed by atoms with E-state index in [2.05, 4.69) is 5.32 Å². The number of amides is 3. The number of rotatable bonds is 4. The first-order chi connectivity index (χ1) is 17.4. The monoisotopic (exact) mass is 496 g/mol. The predicted molar refractivity (Wildman–Crippen MR) is 133 cm³/mol. The smallest absolute Gasteiger partial charge is 0.328 e. The number of piperidine rings is 1. The number of carbonyl (C=O) groups is 2. The first kappa shape index (κ1) is 24.2. The highest BCUT2D eigenvalue weighted by atomic mass is 19.1. The van der Waals surface area contributed by atoms with E-state index in [0.717, 1.165) is 50.3 Å². The number of likely N-dealkylation sites (tertiary alicyclic amines) is 1. The van der Waals surface area contributed by atoms with Gasteiger partial charge in [0.15, 0.2) is 0 Å². The molecule has 2 aromatic carbocycles. The van der Waals surface area contributed by atoms with Crippen molar-refractivity contribution >= 4 is 23.5 Å². The molecule has 0 radical (unpaired) electrons. The Kier molecular flexibility index (Phi) is 6.64. The Morgan fingerprint density at radius 3 is 2.42 bits per heavy atom. The van der Waals surface area contributed by atoms with Crippen molar-refractivity contribution in [3.63, 3.8) is 0 Å². The van der Waals surface area contributed by atoms with Gasteiger partial charge in [0.05, 0.1) is 25.4 Å². The van der Waals surface area contributed by atoms with Crippen molar-refractivity contribution in [2.24, 2.45) is 4.99 Å². The second-order valence-electron chi connectivity index (χ2n) is 9.75. The summed E-state index contributed by atoms with van der Waals surface area (Å²) >= 11 is 0. The number of anilines is 1. The minimum Gasteiger partial charge on any atom is -0.497 e. The van der Waals surface area contributed by atoms with Gasteiger partial charge in [0.25, 0.3) is 5.91 Å². The molecule has 2 aromatic rings. The van der Waals surface area contributed by atoms with E-state index < -0.39 is 23.2 Å². The van der Waals surface area contributed by atoms with E-state index in [-0.39, 0.29) is 24.2 Å². The van der Waals surface area contributed by atoms with Gasteiger partial charge in [-0.1, -0.05) is 19.3 Å². The number of hydrogen-bond acceptors (Lipinski definition) is 4. The summed E-state index contributed by atoms with van der Waals surface area (Å²) in [5.74, 6) is -0.594. The Bertz CT molecular complexity index is 1160. The van der Waals surface area contributed by atoms with Gasteiger partial charge >= 0.3 is 6.03 Å². The number of nitrogens with zero attached hydrogens (tertiary/aromatic N) is 3. The van der Waals surface area contributed by atoms with Gasteiger partial charge in [-0.05, 0) is 62.1 Å². The van der Waals surface area contributed by atoms with Crippen LogP contribution in [-0.2, 0) is 0 Å². The first-order valence-electron chi connectivity index (χ1n) is 12.5. The van der Waals surface area contributed by atoms with Crippen molar-refractivity contribution < 1.29 is 23.1 Å². The van der Waals surface area contributed by atoms with Crippen molar-refractivity contribution in [1.29, 1.82) is 0 Å². The van der Waals surface area contributed by atoms with E-state index in [1.54, 1.807) is 36.3 Å². The average molecular weight is 497 g/mol. The van der Waals surface area contributed by atoms with E-state index in [1.165, 1.54) is 4.90 Å². The summed E-state index contributed by atoms with van der Waals surface area (Å²) in [6, 6.07) is 9.53. The van der Waals surface area contributed by atoms with Gasteiger partial charge in [0.2, 0.25) is 0 Å². The van der Waals surface area contributed by atoms with Crippen molar-refractivity contribution in [3.05, 3.63) is 59.7 Å². The number of urea groups is 1. The van der Waals surface area contributed by atoms with Crippen LogP contribution < -0.4 is 15.0 Å². The third-order valence-corrected chi connectivity index (χ3v) is 7.38. The maximum absolute atomic E-state index is 14.2. The molecule has 9 heteroatoms. The molecular formula is C27H30F2N4O3. The molecule has 3 fully saturated rings. The lowest BCUT2D eigenvalue weighted by Gasteiger charge is -2.44. The number of amidine groups is 1. The van der Waals surface area contributed by atoms with E-state index in [4.69, 9.17) is 9.73 Å². The third-order valence-electron chi connectivity index (χ3n) is 7.38. The molecule has 5 rings (SSSR count). The number of ether oxygens (including phenoxy) is 1. The normalized spacial score (nSPS) is 23.9. The van der Waals surface area contributed by atoms with Crippen molar-refractivity contribution in [3.8, 4) is 5.75 Å². The van der Waals surface area contributed by atoms with Gasteiger partial charge < -0.3 is 9.64 Å². The molecule has 2 heterocycles. The summed E-state index contributed by atoms with van der Waals surface area (Å²) in [5.41, 5.74) is -0.424. The minimum absolute atomic E-state index is 0.0720. The topological polar surface area (TPSA) is 74.2 Å². The van der Waals surface area contributed by atoms with Gasteiger partial charge in [-0.3, -0.25) is 20.0 Å². The first-order valence-corrected chi connectivity index (χ1v) is 12.5.